The van der Waals surface area contributed by atoms with E-state index < -0.39 is 0 Å². The molecule has 122 valence electrons. The molecule has 3 aromatic heterocycles. The fourth-order valence-electron chi connectivity index (χ4n) is 2.90. The Morgan fingerprint density at radius 1 is 1.17 bits per heavy atom. The number of nitrogens with zero attached hydrogens (tertiary/aromatic N) is 4. The molecule has 0 N–H and O–H groups in total. The van der Waals surface area contributed by atoms with Crippen molar-refractivity contribution >= 4 is 23.3 Å². The van der Waals surface area contributed by atoms with Gasteiger partial charge in [-0.25, -0.2) is 9.97 Å². The van der Waals surface area contributed by atoms with Crippen molar-refractivity contribution in [3.05, 3.63) is 60.2 Å². The van der Waals surface area contributed by atoms with E-state index in [0.717, 1.165) is 48.1 Å². The average molecular weight is 338 g/mol. The molecule has 1 saturated heterocycles. The molecule has 24 heavy (non-hydrogen) atoms. The smallest absolute Gasteiger partial charge is 0.255 e. The van der Waals surface area contributed by atoms with Gasteiger partial charge in [0.25, 0.3) is 5.91 Å². The van der Waals surface area contributed by atoms with Crippen molar-refractivity contribution in [1.29, 1.82) is 0 Å². The third-order valence-corrected chi connectivity index (χ3v) is 5.14. The number of fused-ring (bicyclic) bond motifs is 1. The van der Waals surface area contributed by atoms with Crippen LogP contribution in [-0.2, 0) is 5.75 Å². The third kappa shape index (κ3) is 3.14. The summed E-state index contributed by atoms with van der Waals surface area (Å²) >= 11 is 1.63. The Balaban J connectivity index is 1.40. The van der Waals surface area contributed by atoms with Gasteiger partial charge >= 0.3 is 0 Å². The van der Waals surface area contributed by atoms with Crippen LogP contribution in [0, 0.1) is 0 Å². The number of carbonyl (C=O) groups is 1. The van der Waals surface area contributed by atoms with Crippen LogP contribution in [0.25, 0.3) is 5.65 Å². The van der Waals surface area contributed by atoms with Gasteiger partial charge in [-0.05, 0) is 37.1 Å². The number of hydrogen-bond donors (Lipinski definition) is 0. The first-order valence-electron chi connectivity index (χ1n) is 8.10. The van der Waals surface area contributed by atoms with Gasteiger partial charge in [0, 0.05) is 37.4 Å². The number of thioether (sulfide) groups is 1. The Bertz CT molecular complexity index is 820. The molecule has 1 fully saturated rings. The van der Waals surface area contributed by atoms with Crippen molar-refractivity contribution < 1.29 is 4.79 Å². The summed E-state index contributed by atoms with van der Waals surface area (Å²) in [4.78, 5) is 23.2. The zero-order valence-electron chi connectivity index (χ0n) is 13.3. The maximum Gasteiger partial charge on any atom is 0.255 e. The van der Waals surface area contributed by atoms with E-state index in [4.69, 9.17) is 0 Å². The molecule has 0 aliphatic carbocycles. The van der Waals surface area contributed by atoms with Gasteiger partial charge < -0.3 is 9.30 Å². The van der Waals surface area contributed by atoms with E-state index in [9.17, 15) is 4.79 Å². The number of carbonyl (C=O) groups excluding carboxylic acids is 1. The van der Waals surface area contributed by atoms with Gasteiger partial charge in [0.05, 0.1) is 16.3 Å². The van der Waals surface area contributed by atoms with E-state index in [0.29, 0.717) is 5.56 Å². The summed E-state index contributed by atoms with van der Waals surface area (Å²) in [6.07, 6.45) is 7.92. The third-order valence-electron chi connectivity index (χ3n) is 4.16. The van der Waals surface area contributed by atoms with Crippen LogP contribution in [0.2, 0.25) is 0 Å². The van der Waals surface area contributed by atoms with E-state index in [2.05, 4.69) is 9.97 Å². The SMILES string of the molecule is O=C(c1ccc(SCc2cn3ccccc3n2)nc1)N1CCCC1. The molecule has 1 aliphatic rings. The molecular weight excluding hydrogens is 320 g/mol. The standard InChI is InChI=1S/C18H18N4OS/c23-18(21-8-3-4-9-21)14-6-7-17(19-11-14)24-13-15-12-22-10-2-1-5-16(22)20-15/h1-2,5-7,10-12H,3-4,8-9,13H2. The second kappa shape index (κ2) is 6.65. The van der Waals surface area contributed by atoms with Crippen molar-refractivity contribution in [2.75, 3.05) is 13.1 Å². The lowest BCUT2D eigenvalue weighted by atomic mass is 10.2. The topological polar surface area (TPSA) is 50.5 Å². The van der Waals surface area contributed by atoms with E-state index in [1.54, 1.807) is 18.0 Å². The molecule has 0 bridgehead atoms. The van der Waals surface area contributed by atoms with Gasteiger partial charge in [0.1, 0.15) is 5.65 Å². The first-order valence-corrected chi connectivity index (χ1v) is 9.09. The Hall–Kier alpha value is -2.34. The number of aromatic nitrogens is 3. The molecular formula is C18H18N4OS. The summed E-state index contributed by atoms with van der Waals surface area (Å²) in [6, 6.07) is 9.76. The molecule has 5 nitrogen and oxygen atoms in total. The van der Waals surface area contributed by atoms with Crippen molar-refractivity contribution in [1.82, 2.24) is 19.3 Å². The number of hydrogen-bond acceptors (Lipinski definition) is 4. The van der Waals surface area contributed by atoms with Crippen LogP contribution in [0.5, 0.6) is 0 Å². The summed E-state index contributed by atoms with van der Waals surface area (Å²) in [5.74, 6) is 0.852. The molecule has 0 unspecified atom stereocenters. The minimum Gasteiger partial charge on any atom is -0.339 e. The van der Waals surface area contributed by atoms with Crippen LogP contribution in [0.3, 0.4) is 0 Å². The Kier molecular flexibility index (Phi) is 4.21. The second-order valence-corrected chi connectivity index (χ2v) is 6.87. The molecule has 1 aliphatic heterocycles. The highest BCUT2D eigenvalue weighted by Gasteiger charge is 2.19. The summed E-state index contributed by atoms with van der Waals surface area (Å²) in [7, 11) is 0. The zero-order valence-corrected chi connectivity index (χ0v) is 14.1. The second-order valence-electron chi connectivity index (χ2n) is 5.87. The van der Waals surface area contributed by atoms with Crippen LogP contribution in [0.1, 0.15) is 28.9 Å². The predicted octanol–water partition coefficient (Wildman–Crippen LogP) is 3.26. The number of imidazole rings is 1. The van der Waals surface area contributed by atoms with Gasteiger partial charge in [-0.3, -0.25) is 4.79 Å². The predicted molar refractivity (Wildman–Crippen MR) is 94.1 cm³/mol. The molecule has 1 amide bonds. The highest BCUT2D eigenvalue weighted by Crippen LogP contribution is 2.21. The molecule has 0 aromatic carbocycles. The molecule has 0 saturated carbocycles. The van der Waals surface area contributed by atoms with Gasteiger partial charge in [-0.2, -0.15) is 0 Å². The molecule has 6 heteroatoms. The van der Waals surface area contributed by atoms with E-state index in [-0.39, 0.29) is 5.91 Å². The Labute approximate surface area is 144 Å². The fraction of sp³-hybridized carbons (Fsp3) is 0.278. The normalized spacial score (nSPS) is 14.4. The number of rotatable bonds is 4. The van der Waals surface area contributed by atoms with Crippen LogP contribution in [0.15, 0.2) is 53.9 Å². The van der Waals surface area contributed by atoms with Crippen LogP contribution in [-0.4, -0.2) is 38.3 Å². The number of likely N-dealkylation sites (tertiary alicyclic amines) is 1. The lowest BCUT2D eigenvalue weighted by molar-refractivity contribution is 0.0792. The fourth-order valence-corrected chi connectivity index (χ4v) is 3.63. The van der Waals surface area contributed by atoms with Crippen LogP contribution < -0.4 is 0 Å². The number of pyridine rings is 2. The monoisotopic (exact) mass is 338 g/mol. The van der Waals surface area contributed by atoms with Gasteiger partial charge in [0.2, 0.25) is 0 Å². The van der Waals surface area contributed by atoms with Gasteiger partial charge in [-0.1, -0.05) is 17.8 Å². The lowest BCUT2D eigenvalue weighted by Gasteiger charge is -2.14. The number of amides is 1. The molecule has 4 heterocycles. The van der Waals surface area contributed by atoms with Gasteiger partial charge in [0.15, 0.2) is 0 Å². The Morgan fingerprint density at radius 2 is 2.04 bits per heavy atom. The summed E-state index contributed by atoms with van der Waals surface area (Å²) < 4.78 is 2.02. The minimum atomic E-state index is 0.0944. The molecule has 0 spiro atoms. The molecule has 4 rings (SSSR count). The van der Waals surface area contributed by atoms with E-state index in [1.807, 2.05) is 52.0 Å². The van der Waals surface area contributed by atoms with Crippen molar-refractivity contribution in [2.45, 2.75) is 23.6 Å². The first-order chi connectivity index (χ1) is 11.8. The van der Waals surface area contributed by atoms with Crippen LogP contribution in [0.4, 0.5) is 0 Å². The highest BCUT2D eigenvalue weighted by molar-refractivity contribution is 7.98. The maximum absolute atomic E-state index is 12.3. The summed E-state index contributed by atoms with van der Waals surface area (Å²) in [5, 5.41) is 0.907. The van der Waals surface area contributed by atoms with E-state index >= 15 is 0 Å². The molecule has 0 atom stereocenters. The Morgan fingerprint density at radius 3 is 2.79 bits per heavy atom. The first kappa shape index (κ1) is 15.2. The highest BCUT2D eigenvalue weighted by atomic mass is 32.2. The lowest BCUT2D eigenvalue weighted by Crippen LogP contribution is -2.27. The van der Waals surface area contributed by atoms with Crippen molar-refractivity contribution in [3.63, 3.8) is 0 Å². The quantitative estimate of drug-likeness (QED) is 0.685. The summed E-state index contributed by atoms with van der Waals surface area (Å²) in [5.41, 5.74) is 2.65. The minimum absolute atomic E-state index is 0.0944. The molecule has 0 radical (unpaired) electrons. The zero-order chi connectivity index (χ0) is 16.4. The van der Waals surface area contributed by atoms with Crippen LogP contribution >= 0.6 is 11.8 Å². The summed E-state index contributed by atoms with van der Waals surface area (Å²) in [6.45, 7) is 1.73. The van der Waals surface area contributed by atoms with Gasteiger partial charge in [-0.15, -0.1) is 0 Å². The maximum atomic E-state index is 12.3. The van der Waals surface area contributed by atoms with Crippen molar-refractivity contribution in [2.24, 2.45) is 0 Å². The molecule has 3 aromatic rings. The average Bonchev–Trinajstić information content (AvgIpc) is 3.29. The van der Waals surface area contributed by atoms with Crippen molar-refractivity contribution in [3.8, 4) is 0 Å². The van der Waals surface area contributed by atoms with E-state index in [1.165, 1.54) is 0 Å². The largest absolute Gasteiger partial charge is 0.339 e.